The van der Waals surface area contributed by atoms with Crippen LogP contribution in [0.25, 0.3) is 0 Å². The lowest BCUT2D eigenvalue weighted by molar-refractivity contribution is -0.0484. The average Bonchev–Trinajstić information content (AvgIpc) is 0.771. The van der Waals surface area contributed by atoms with Gasteiger partial charge in [-0.1, -0.05) is 120 Å². The van der Waals surface area contributed by atoms with E-state index in [1.807, 2.05) is 25.3 Å². The third-order valence-electron chi connectivity index (χ3n) is 17.6. The Labute approximate surface area is 661 Å². The van der Waals surface area contributed by atoms with Crippen molar-refractivity contribution in [1.29, 1.82) is 0 Å². The summed E-state index contributed by atoms with van der Waals surface area (Å²) in [6.07, 6.45) is -8.99. The molecule has 0 aromatic rings. The van der Waals surface area contributed by atoms with Crippen LogP contribution in [0.4, 0.5) is 105 Å². The van der Waals surface area contributed by atoms with Crippen molar-refractivity contribution in [2.75, 3.05) is 0 Å². The molecule has 0 radical (unpaired) electrons. The highest BCUT2D eigenvalue weighted by atomic mass is 32.3. The van der Waals surface area contributed by atoms with Gasteiger partial charge in [0.2, 0.25) is 0 Å². The van der Waals surface area contributed by atoms with E-state index in [0.717, 1.165) is 5.67 Å². The second kappa shape index (κ2) is 42.0. The summed E-state index contributed by atoms with van der Waals surface area (Å²) >= 11 is 0. The Morgan fingerprint density at radius 1 is 0.345 bits per heavy atom. The van der Waals surface area contributed by atoms with E-state index in [2.05, 4.69) is 32.8 Å². The number of sulfone groups is 8. The van der Waals surface area contributed by atoms with Gasteiger partial charge in [-0.05, 0) is 109 Å². The maximum Gasteiger partial charge on any atom is 0.498 e. The Morgan fingerprint density at radius 3 is 0.805 bits per heavy atom. The second-order valence-electron chi connectivity index (χ2n) is 30.8. The molecule has 0 N–H and O–H groups in total. The molecule has 0 bridgehead atoms. The van der Waals surface area contributed by atoms with E-state index in [1.165, 1.54) is 19.6 Å². The lowest BCUT2D eigenvalue weighted by Crippen LogP contribution is -2.55. The fourth-order valence-electron chi connectivity index (χ4n) is 11.3. The molecule has 113 heavy (non-hydrogen) atoms. The van der Waals surface area contributed by atoms with Crippen LogP contribution in [0, 0.1) is 0 Å². The summed E-state index contributed by atoms with van der Waals surface area (Å²) in [6.45, 7) is 34.1. The van der Waals surface area contributed by atoms with Gasteiger partial charge in [0.25, 0.3) is 88.7 Å². The smallest absolute Gasteiger partial charge is 0.444 e. The predicted molar refractivity (Wildman–Crippen MR) is 410 cm³/mol. The molecule has 0 saturated carbocycles. The summed E-state index contributed by atoms with van der Waals surface area (Å²) in [4.78, 5) is 0. The van der Waals surface area contributed by atoms with Crippen LogP contribution in [-0.4, -0.2) is 225 Å². The van der Waals surface area contributed by atoms with Crippen LogP contribution in [-0.2, 0) is 95.2 Å². The van der Waals surface area contributed by atoms with E-state index in [9.17, 15) is 173 Å². The van der Waals surface area contributed by atoms with Crippen molar-refractivity contribution in [2.24, 2.45) is 0 Å². The van der Waals surface area contributed by atoms with Crippen molar-refractivity contribution < 1.29 is 189 Å². The summed E-state index contributed by atoms with van der Waals surface area (Å²) in [5.41, 5.74) is -47.7. The molecule has 0 spiro atoms. The van der Waals surface area contributed by atoms with E-state index in [1.54, 1.807) is 46.2 Å². The Balaban J connectivity index is -0.00000282. The van der Waals surface area contributed by atoms with Crippen LogP contribution in [0.5, 0.6) is 0 Å². The number of alkyl halides is 24. The topological polar surface area (TPSA) is 310 Å². The summed E-state index contributed by atoms with van der Waals surface area (Å²) in [7, 11) is -78.6. The number of halogens is 24. The molecule has 0 aliphatic heterocycles. The zero-order valence-electron chi connectivity index (χ0n) is 64.5. The Morgan fingerprint density at radius 2 is 0.575 bits per heavy atom. The fraction of sp³-hybridized carbons (Fsp3) is 0.960. The summed E-state index contributed by atoms with van der Waals surface area (Å²) in [5.74, 6) is 0. The van der Waals surface area contributed by atoms with E-state index >= 15 is 0 Å². The minimum Gasteiger partial charge on any atom is -0.444 e. The highest BCUT2D eigenvalue weighted by molar-refractivity contribution is 8.11. The van der Waals surface area contributed by atoms with Gasteiger partial charge in [0.05, 0.1) is 8.07 Å². The lowest BCUT2D eigenvalue weighted by atomic mass is 10.4. The van der Waals surface area contributed by atoms with Gasteiger partial charge in [-0.15, -0.1) is 12.3 Å². The van der Waals surface area contributed by atoms with Gasteiger partial charge in [-0.25, -0.2) is 67.3 Å². The monoisotopic (exact) mass is 2040 g/mol. The lowest BCUT2D eigenvalue weighted by Gasteiger charge is -2.42. The van der Waals surface area contributed by atoms with Crippen LogP contribution in [0.1, 0.15) is 58.3 Å². The summed E-state index contributed by atoms with van der Waals surface area (Å²) < 4.78 is 518. The summed E-state index contributed by atoms with van der Waals surface area (Å²) in [6, 6.07) is -0.0114. The highest BCUT2D eigenvalue weighted by Crippen LogP contribution is 2.45. The molecule has 0 aromatic heterocycles. The van der Waals surface area contributed by atoms with Gasteiger partial charge < -0.3 is 16.5 Å². The third-order valence-corrected chi connectivity index (χ3v) is 80.2. The molecule has 0 rings (SSSR count). The first-order valence-corrected chi connectivity index (χ1v) is 77.1. The van der Waals surface area contributed by atoms with Crippen molar-refractivity contribution in [3.63, 3.8) is 0 Å². The van der Waals surface area contributed by atoms with Gasteiger partial charge >= 0.3 is 52.6 Å². The molecule has 0 heterocycles. The molecule has 0 aromatic carbocycles. The maximum atomic E-state index is 13.6. The quantitative estimate of drug-likeness (QED) is 0.0404. The summed E-state index contributed by atoms with van der Waals surface area (Å²) in [5, 5.41) is 0. The molecule has 0 aliphatic carbocycles. The van der Waals surface area contributed by atoms with Gasteiger partial charge in [-0.3, -0.25) is 0 Å². The number of hydrogen-bond acceptors (Lipinski definition) is 20. The number of hydrogen-bond donors (Lipinski definition) is 0. The van der Waals surface area contributed by atoms with Crippen molar-refractivity contribution in [3.05, 3.63) is 12.3 Å². The van der Waals surface area contributed by atoms with Gasteiger partial charge in [0, 0.05) is 33.7 Å². The van der Waals surface area contributed by atoms with Crippen molar-refractivity contribution in [3.8, 4) is 0 Å². The van der Waals surface area contributed by atoms with E-state index in [0.29, 0.717) is 11.7 Å². The first-order valence-electron chi connectivity index (χ1n) is 33.9. The Kier molecular flexibility index (Phi) is 43.5. The van der Waals surface area contributed by atoms with Crippen LogP contribution >= 0.6 is 0 Å². The van der Waals surface area contributed by atoms with E-state index in [4.69, 9.17) is 16.5 Å². The van der Waals surface area contributed by atoms with Crippen LogP contribution in [0.2, 0.25) is 170 Å². The van der Waals surface area contributed by atoms with E-state index < -0.39 is 287 Å². The normalized spacial score (nSPS) is 16.6. The van der Waals surface area contributed by atoms with Crippen molar-refractivity contribution in [2.45, 2.75) is 291 Å². The molecule has 63 heteroatoms. The number of rotatable bonds is 44. The second-order valence-corrected chi connectivity index (χ2v) is 91.9. The van der Waals surface area contributed by atoms with Gasteiger partial charge in [0.15, 0.2) is 53.0 Å². The zero-order chi connectivity index (χ0) is 91.3. The molecule has 0 aliphatic rings. The average molecular weight is 2040 g/mol. The van der Waals surface area contributed by atoms with Crippen molar-refractivity contribution >= 4 is 174 Å². The first-order chi connectivity index (χ1) is 49.2. The first kappa shape index (κ1) is 117. The third kappa shape index (κ3) is 35.9. The molecule has 682 valence electrons. The van der Waals surface area contributed by atoms with Crippen LogP contribution in [0.15, 0.2) is 12.3 Å². The minimum atomic E-state index is -7.08. The van der Waals surface area contributed by atoms with Crippen LogP contribution in [0.3, 0.4) is 0 Å². The molecule has 0 saturated heterocycles. The zero-order valence-corrected chi connectivity index (χ0v) is 83.1. The molecular weight excluding hydrogens is 1940 g/mol. The predicted octanol–water partition coefficient (Wildman–Crippen LogP) is 15.4. The molecule has 4 unspecified atom stereocenters. The SMILES string of the molecule is C=C[Si](C)(C)C[SiH](C)CCCC(S(=O)(=O)C(F)(F)F)S(=O)(=O)C(F)(F)F.CC[Si](C)(CCCC(S(=O)(=O)C(F)(F)F)S(=O)(=O)C(F)(F)F)CC[Si](C)(C)O[Si](C)(CCCC(S(=O)(=O)C(F)(F)F)S(=O)(=O)C(F)(F)F)O[Si](C)(C)CC[Si](C)(C)C[SiH](C)CCCC(S(=O)(=O)C(F)(F)F)S(=O)(=O)C(F)(F)F.C[SiH](C)O[SiH2]O[SiH](C)C. The minimum absolute atomic E-state index is 0.0175. The van der Waals surface area contributed by atoms with Crippen molar-refractivity contribution in [1.82, 2.24) is 0 Å². The van der Waals surface area contributed by atoms with Gasteiger partial charge in [-0.2, -0.15) is 105 Å². The Hall–Kier alpha value is -0.114. The largest absolute Gasteiger partial charge is 0.498 e. The molecule has 20 nitrogen and oxygen atoms in total. The molecule has 0 amide bonds. The molecular formula is C50H102F24O20S8Si11. The van der Waals surface area contributed by atoms with E-state index in [-0.39, 0.29) is 48.7 Å². The van der Waals surface area contributed by atoms with Gasteiger partial charge in [0.1, 0.15) is 0 Å². The molecule has 0 fully saturated rings. The fourth-order valence-corrected chi connectivity index (χ4v) is 72.7. The van der Waals surface area contributed by atoms with Crippen LogP contribution < -0.4 is 0 Å². The standard InChI is InChI=1S/C34H64F18O14S6Si6.C12H22F6O4S2Si2.C4H16O2Si3/c1-11-77(9,19-13-16-27(69(57,58)31(41,42)43)70(59,60)32(44,45)46)24-23-76(7,8)66-78(10,20-14-17-28(71(61,62)33(47,48)49)72(63,64)34(50,51)52)65-75(5,6)22-21-74(3,4)25-73(2)18-12-15-26(67(53,54)29(35,36)37)68(55,56)30(38,39)40;1-5-26(3,4)9-25(2)8-6-7-10(23(19,20)11(13,14)15)24(21,22)12(16,17)18;1-8(2)5-7-6-9(3)4/h26-28,73H,11-25H2,1-10H3;5,10,25H,1,6-9H2,2-4H3;8-9H,7H2,1-4H3. The maximum absolute atomic E-state index is 13.6. The molecule has 4 atom stereocenters. The highest BCUT2D eigenvalue weighted by Gasteiger charge is 2.67. The Bertz CT molecular complexity index is 3820.